The Balaban J connectivity index is 1.82. The summed E-state index contributed by atoms with van der Waals surface area (Å²) >= 11 is 0. The van der Waals surface area contributed by atoms with Crippen LogP contribution in [0.3, 0.4) is 0 Å². The third kappa shape index (κ3) is 1.55. The lowest BCUT2D eigenvalue weighted by molar-refractivity contribution is 0.429. The van der Waals surface area contributed by atoms with Gasteiger partial charge in [0.05, 0.1) is 5.56 Å². The van der Waals surface area contributed by atoms with Crippen molar-refractivity contribution in [1.82, 2.24) is 25.3 Å². The smallest absolute Gasteiger partial charge is 0.295 e. The second kappa shape index (κ2) is 3.92. The maximum Gasteiger partial charge on any atom is 0.295 e. The molecule has 98 valence electrons. The number of benzene rings is 1. The normalized spacial score (nSPS) is 11.2. The summed E-state index contributed by atoms with van der Waals surface area (Å²) in [7, 11) is 0. The molecule has 0 bridgehead atoms. The zero-order valence-corrected chi connectivity index (χ0v) is 10.1. The fraction of sp³-hybridized carbons (Fsp3) is 0. The van der Waals surface area contributed by atoms with Gasteiger partial charge in [0, 0.05) is 5.39 Å². The van der Waals surface area contributed by atoms with E-state index in [1.165, 1.54) is 0 Å². The third-order valence-corrected chi connectivity index (χ3v) is 2.85. The molecule has 0 spiro atoms. The number of H-pyrrole nitrogens is 1. The predicted molar refractivity (Wildman–Crippen MR) is 69.3 cm³/mol. The molecule has 0 aliphatic carbocycles. The third-order valence-electron chi connectivity index (χ3n) is 2.85. The zero-order valence-electron chi connectivity index (χ0n) is 10.1. The van der Waals surface area contributed by atoms with Crippen molar-refractivity contribution in [2.45, 2.75) is 0 Å². The van der Waals surface area contributed by atoms with Crippen LogP contribution in [0.25, 0.3) is 34.1 Å². The maximum absolute atomic E-state index is 5.45. The van der Waals surface area contributed by atoms with Crippen molar-refractivity contribution in [2.75, 3.05) is 5.73 Å². The number of aromatic amines is 1. The number of para-hydroxylation sites is 1. The first-order valence-electron chi connectivity index (χ1n) is 5.80. The number of aromatic nitrogens is 5. The largest absolute Gasteiger partial charge is 0.464 e. The van der Waals surface area contributed by atoms with E-state index < -0.39 is 0 Å². The average Bonchev–Trinajstić information content (AvgIpc) is 3.15. The van der Waals surface area contributed by atoms with Gasteiger partial charge in [-0.3, -0.25) is 5.10 Å². The van der Waals surface area contributed by atoms with Gasteiger partial charge >= 0.3 is 0 Å². The second-order valence-corrected chi connectivity index (χ2v) is 4.11. The van der Waals surface area contributed by atoms with Crippen LogP contribution >= 0.6 is 0 Å². The van der Waals surface area contributed by atoms with Crippen molar-refractivity contribution in [3.8, 4) is 23.1 Å². The molecule has 0 saturated heterocycles. The molecule has 0 unspecified atom stereocenters. The summed E-state index contributed by atoms with van der Waals surface area (Å²) in [5.41, 5.74) is 6.95. The molecular formula is C12H8N6O2. The molecule has 1 aromatic carbocycles. The Morgan fingerprint density at radius 2 is 2.05 bits per heavy atom. The van der Waals surface area contributed by atoms with Gasteiger partial charge in [-0.2, -0.15) is 9.97 Å². The Morgan fingerprint density at radius 1 is 1.15 bits per heavy atom. The number of anilines is 1. The first kappa shape index (κ1) is 10.7. The van der Waals surface area contributed by atoms with Gasteiger partial charge in [-0.1, -0.05) is 23.4 Å². The summed E-state index contributed by atoms with van der Waals surface area (Å²) < 4.78 is 10.6. The Morgan fingerprint density at radius 3 is 2.90 bits per heavy atom. The van der Waals surface area contributed by atoms with E-state index in [1.807, 2.05) is 24.3 Å². The SMILES string of the molecule is Nc1n[nH]c(-c2nc(-c3coc4ccccc34)no2)n1. The van der Waals surface area contributed by atoms with Gasteiger partial charge in [-0.05, 0) is 6.07 Å². The fourth-order valence-corrected chi connectivity index (χ4v) is 1.95. The van der Waals surface area contributed by atoms with Crippen LogP contribution in [0.1, 0.15) is 0 Å². The van der Waals surface area contributed by atoms with Gasteiger partial charge in [-0.25, -0.2) is 0 Å². The van der Waals surface area contributed by atoms with Crippen LogP contribution in [0, 0.1) is 0 Å². The Hall–Kier alpha value is -3.16. The van der Waals surface area contributed by atoms with Gasteiger partial charge in [0.2, 0.25) is 17.6 Å². The molecule has 3 aromatic heterocycles. The van der Waals surface area contributed by atoms with E-state index in [1.54, 1.807) is 6.26 Å². The van der Waals surface area contributed by atoms with Gasteiger partial charge < -0.3 is 14.7 Å². The standard InChI is InChI=1S/C12H8N6O2/c13-12-15-10(16-17-12)11-14-9(18-20-11)7-5-19-8-4-2-1-3-6(7)8/h1-5H,(H3,13,15,16,17). The topological polar surface area (TPSA) is 120 Å². The van der Waals surface area contributed by atoms with Crippen LogP contribution in [0.5, 0.6) is 0 Å². The number of nitrogens with zero attached hydrogens (tertiary/aromatic N) is 4. The lowest BCUT2D eigenvalue weighted by atomic mass is 10.2. The molecule has 0 atom stereocenters. The number of furan rings is 1. The van der Waals surface area contributed by atoms with Crippen LogP contribution < -0.4 is 5.73 Å². The molecule has 4 aromatic rings. The molecule has 0 radical (unpaired) electrons. The van der Waals surface area contributed by atoms with Crippen LogP contribution in [-0.4, -0.2) is 25.3 Å². The summed E-state index contributed by atoms with van der Waals surface area (Å²) in [6.07, 6.45) is 1.59. The van der Waals surface area contributed by atoms with Crippen molar-refractivity contribution in [3.63, 3.8) is 0 Å². The number of hydrogen-bond donors (Lipinski definition) is 2. The quantitative estimate of drug-likeness (QED) is 0.569. The molecule has 20 heavy (non-hydrogen) atoms. The highest BCUT2D eigenvalue weighted by Gasteiger charge is 2.17. The summed E-state index contributed by atoms with van der Waals surface area (Å²) in [4.78, 5) is 8.19. The summed E-state index contributed by atoms with van der Waals surface area (Å²) in [5.74, 6) is 1.08. The highest BCUT2D eigenvalue weighted by molar-refractivity contribution is 5.91. The van der Waals surface area contributed by atoms with E-state index >= 15 is 0 Å². The van der Waals surface area contributed by atoms with Crippen LogP contribution in [-0.2, 0) is 0 Å². The van der Waals surface area contributed by atoms with Crippen molar-refractivity contribution in [2.24, 2.45) is 0 Å². The van der Waals surface area contributed by atoms with Gasteiger partial charge in [0.25, 0.3) is 5.89 Å². The molecule has 0 fully saturated rings. The van der Waals surface area contributed by atoms with Crippen molar-refractivity contribution < 1.29 is 8.94 Å². The average molecular weight is 268 g/mol. The molecule has 4 rings (SSSR count). The summed E-state index contributed by atoms with van der Waals surface area (Å²) in [5, 5.41) is 11.2. The van der Waals surface area contributed by atoms with E-state index in [-0.39, 0.29) is 11.8 Å². The number of rotatable bonds is 2. The Labute approximate surface area is 111 Å². The Kier molecular flexibility index (Phi) is 2.10. The molecule has 3 N–H and O–H groups in total. The van der Waals surface area contributed by atoms with Gasteiger partial charge in [-0.15, -0.1) is 5.10 Å². The van der Waals surface area contributed by atoms with Gasteiger partial charge in [0.1, 0.15) is 11.8 Å². The number of nitrogens with two attached hydrogens (primary N) is 1. The second-order valence-electron chi connectivity index (χ2n) is 4.11. The lowest BCUT2D eigenvalue weighted by Crippen LogP contribution is -1.85. The minimum absolute atomic E-state index is 0.119. The number of nitrogen functional groups attached to an aromatic ring is 1. The minimum Gasteiger partial charge on any atom is -0.464 e. The molecule has 8 nitrogen and oxygen atoms in total. The molecule has 3 heterocycles. The highest BCUT2D eigenvalue weighted by Crippen LogP contribution is 2.29. The predicted octanol–water partition coefficient (Wildman–Crippen LogP) is 1.85. The van der Waals surface area contributed by atoms with Crippen LogP contribution in [0.2, 0.25) is 0 Å². The number of fused-ring (bicyclic) bond motifs is 1. The Bertz CT molecular complexity index is 890. The molecule has 8 heteroatoms. The molecule has 0 aliphatic rings. The first-order chi connectivity index (χ1) is 9.81. The summed E-state index contributed by atoms with van der Waals surface area (Å²) in [6.45, 7) is 0. The minimum atomic E-state index is 0.119. The fourth-order valence-electron chi connectivity index (χ4n) is 1.95. The van der Waals surface area contributed by atoms with E-state index in [2.05, 4.69) is 25.3 Å². The highest BCUT2D eigenvalue weighted by atomic mass is 16.5. The lowest BCUT2D eigenvalue weighted by Gasteiger charge is -1.88. The van der Waals surface area contributed by atoms with Crippen LogP contribution in [0.4, 0.5) is 5.95 Å². The van der Waals surface area contributed by atoms with Crippen molar-refractivity contribution >= 4 is 16.9 Å². The monoisotopic (exact) mass is 268 g/mol. The van der Waals surface area contributed by atoms with Gasteiger partial charge in [0.15, 0.2) is 0 Å². The van der Waals surface area contributed by atoms with E-state index in [0.717, 1.165) is 16.5 Å². The van der Waals surface area contributed by atoms with E-state index in [4.69, 9.17) is 14.7 Å². The maximum atomic E-state index is 5.45. The number of nitrogens with one attached hydrogen (secondary N) is 1. The van der Waals surface area contributed by atoms with E-state index in [0.29, 0.717) is 11.6 Å². The molecule has 0 amide bonds. The first-order valence-corrected chi connectivity index (χ1v) is 5.80. The number of hydrogen-bond acceptors (Lipinski definition) is 7. The zero-order chi connectivity index (χ0) is 13.5. The van der Waals surface area contributed by atoms with Crippen molar-refractivity contribution in [3.05, 3.63) is 30.5 Å². The molecular weight excluding hydrogens is 260 g/mol. The summed E-state index contributed by atoms with van der Waals surface area (Å²) in [6, 6.07) is 7.61. The molecule has 0 saturated carbocycles. The molecule has 0 aliphatic heterocycles. The van der Waals surface area contributed by atoms with Crippen molar-refractivity contribution in [1.29, 1.82) is 0 Å². The van der Waals surface area contributed by atoms with Crippen LogP contribution in [0.15, 0.2) is 39.5 Å². The van der Waals surface area contributed by atoms with E-state index in [9.17, 15) is 0 Å².